The summed E-state index contributed by atoms with van der Waals surface area (Å²) in [5, 5.41) is 9.72. The smallest absolute Gasteiger partial charge is 0.266 e. The number of nitrogens with one attached hydrogen (secondary N) is 2. The van der Waals surface area contributed by atoms with Gasteiger partial charge in [-0.2, -0.15) is 0 Å². The summed E-state index contributed by atoms with van der Waals surface area (Å²) >= 11 is 6.14. The second-order valence-corrected chi connectivity index (χ2v) is 10.9. The number of amides is 1. The number of hydrogen-bond acceptors (Lipinski definition) is 6. The molecule has 7 nitrogen and oxygen atoms in total. The van der Waals surface area contributed by atoms with Crippen LogP contribution >= 0.6 is 11.6 Å². The SMILES string of the molecule is O=C(NNCCc1cccc(Cl)c1)[C@@]1(C/C=C/c2ccccc2)N=C(c2ccc(OCCCO)cc2)O[C@H]1c1ccccc1. The number of nitrogens with zero attached hydrogens (tertiary/aromatic N) is 1. The Hall–Kier alpha value is -4.43. The third-order valence-electron chi connectivity index (χ3n) is 7.30. The van der Waals surface area contributed by atoms with Gasteiger partial charge in [0.25, 0.3) is 5.91 Å². The second-order valence-electron chi connectivity index (χ2n) is 10.5. The largest absolute Gasteiger partial charge is 0.494 e. The van der Waals surface area contributed by atoms with Gasteiger partial charge in [-0.15, -0.1) is 0 Å². The Bertz CT molecular complexity index is 1560. The minimum atomic E-state index is -1.29. The van der Waals surface area contributed by atoms with E-state index in [2.05, 4.69) is 10.9 Å². The van der Waals surface area contributed by atoms with Gasteiger partial charge in [0, 0.05) is 36.6 Å². The Morgan fingerprint density at radius 2 is 1.73 bits per heavy atom. The van der Waals surface area contributed by atoms with Gasteiger partial charge in [0.1, 0.15) is 5.75 Å². The lowest BCUT2D eigenvalue weighted by Gasteiger charge is -2.29. The molecule has 0 aliphatic carbocycles. The molecule has 8 heteroatoms. The molecular formula is C36H36ClN3O4. The number of carbonyl (C=O) groups is 1. The van der Waals surface area contributed by atoms with E-state index in [1.807, 2.05) is 121 Å². The van der Waals surface area contributed by atoms with Gasteiger partial charge in [0.15, 0.2) is 11.6 Å². The van der Waals surface area contributed by atoms with Gasteiger partial charge in [-0.3, -0.25) is 10.2 Å². The minimum absolute atomic E-state index is 0.0714. The maximum Gasteiger partial charge on any atom is 0.266 e. The summed E-state index contributed by atoms with van der Waals surface area (Å²) in [5.74, 6) is 0.760. The predicted octanol–water partition coefficient (Wildman–Crippen LogP) is 6.33. The van der Waals surface area contributed by atoms with Crippen LogP contribution in [0.5, 0.6) is 5.75 Å². The summed E-state index contributed by atoms with van der Waals surface area (Å²) in [6.45, 7) is 1.000. The zero-order valence-electron chi connectivity index (χ0n) is 24.4. The maximum atomic E-state index is 14.2. The van der Waals surface area contributed by atoms with Crippen LogP contribution in [-0.2, 0) is 16.0 Å². The molecule has 0 radical (unpaired) electrons. The number of hydrogen-bond donors (Lipinski definition) is 3. The molecule has 3 N–H and O–H groups in total. The summed E-state index contributed by atoms with van der Waals surface area (Å²) < 4.78 is 12.2. The van der Waals surface area contributed by atoms with Crippen molar-refractivity contribution in [2.75, 3.05) is 19.8 Å². The number of halogens is 1. The van der Waals surface area contributed by atoms with Gasteiger partial charge >= 0.3 is 0 Å². The van der Waals surface area contributed by atoms with Gasteiger partial charge in [-0.1, -0.05) is 96.5 Å². The number of ether oxygens (including phenoxy) is 2. The fraction of sp³-hybridized carbons (Fsp3) is 0.222. The molecule has 226 valence electrons. The Morgan fingerprint density at radius 3 is 2.45 bits per heavy atom. The van der Waals surface area contributed by atoms with Crippen molar-refractivity contribution in [2.45, 2.75) is 30.9 Å². The topological polar surface area (TPSA) is 92.2 Å². The summed E-state index contributed by atoms with van der Waals surface area (Å²) in [7, 11) is 0. The molecule has 1 aliphatic rings. The number of benzene rings is 4. The van der Waals surface area contributed by atoms with Crippen LogP contribution in [0.4, 0.5) is 0 Å². The first-order valence-electron chi connectivity index (χ1n) is 14.7. The van der Waals surface area contributed by atoms with Crippen molar-refractivity contribution in [1.29, 1.82) is 0 Å². The molecule has 0 aromatic heterocycles. The molecule has 2 atom stereocenters. The van der Waals surface area contributed by atoms with Crippen molar-refractivity contribution in [1.82, 2.24) is 10.9 Å². The lowest BCUT2D eigenvalue weighted by Crippen LogP contribution is -2.52. The van der Waals surface area contributed by atoms with Gasteiger partial charge in [0.2, 0.25) is 5.90 Å². The monoisotopic (exact) mass is 609 g/mol. The number of aliphatic hydroxyl groups excluding tert-OH is 1. The van der Waals surface area contributed by atoms with Gasteiger partial charge in [0.05, 0.1) is 6.61 Å². The van der Waals surface area contributed by atoms with E-state index in [4.69, 9.17) is 31.2 Å². The van der Waals surface area contributed by atoms with Crippen molar-refractivity contribution in [3.8, 4) is 5.75 Å². The molecule has 0 saturated carbocycles. The fourth-order valence-electron chi connectivity index (χ4n) is 5.03. The molecule has 0 saturated heterocycles. The number of hydrazine groups is 1. The molecule has 1 amide bonds. The number of carbonyl (C=O) groups excluding carboxylic acids is 1. The molecular weight excluding hydrogens is 574 g/mol. The maximum absolute atomic E-state index is 14.2. The van der Waals surface area contributed by atoms with Crippen LogP contribution in [0.25, 0.3) is 6.08 Å². The van der Waals surface area contributed by atoms with Crippen molar-refractivity contribution < 1.29 is 19.4 Å². The highest BCUT2D eigenvalue weighted by Gasteiger charge is 2.52. The molecule has 4 aromatic carbocycles. The van der Waals surface area contributed by atoms with E-state index >= 15 is 0 Å². The highest BCUT2D eigenvalue weighted by molar-refractivity contribution is 6.30. The first-order chi connectivity index (χ1) is 21.6. The lowest BCUT2D eigenvalue weighted by molar-refractivity contribution is -0.129. The first-order valence-corrected chi connectivity index (χ1v) is 15.1. The van der Waals surface area contributed by atoms with Crippen LogP contribution in [0.1, 0.15) is 41.2 Å². The standard InChI is InChI=1S/C36H36ClN3O4/c37-31-16-7-12-28(26-31)21-23-38-40-35(42)36(22-8-13-27-10-3-1-4-11-27)33(29-14-5-2-6-15-29)44-34(39-36)30-17-19-32(20-18-30)43-25-9-24-41/h1-8,10-20,26,33,38,41H,9,21-25H2,(H,40,42)/b13-8+/t33-,36-/m0/s1. The fourth-order valence-corrected chi connectivity index (χ4v) is 5.25. The minimum Gasteiger partial charge on any atom is -0.494 e. The summed E-state index contributed by atoms with van der Waals surface area (Å²) in [6, 6.07) is 34.7. The second kappa shape index (κ2) is 15.3. The van der Waals surface area contributed by atoms with Gasteiger partial charge in [-0.25, -0.2) is 10.4 Å². The molecule has 4 aromatic rings. The van der Waals surface area contributed by atoms with E-state index in [-0.39, 0.29) is 12.5 Å². The van der Waals surface area contributed by atoms with Crippen LogP contribution in [0.15, 0.2) is 120 Å². The average Bonchev–Trinajstić information content (AvgIpc) is 3.45. The van der Waals surface area contributed by atoms with E-state index in [9.17, 15) is 4.79 Å². The summed E-state index contributed by atoms with van der Waals surface area (Å²) in [5.41, 5.74) is 8.40. The van der Waals surface area contributed by atoms with E-state index in [1.54, 1.807) is 0 Å². The zero-order chi connectivity index (χ0) is 30.6. The van der Waals surface area contributed by atoms with Gasteiger partial charge < -0.3 is 14.6 Å². The zero-order valence-corrected chi connectivity index (χ0v) is 25.1. The third-order valence-corrected chi connectivity index (χ3v) is 7.54. The predicted molar refractivity (Wildman–Crippen MR) is 175 cm³/mol. The highest BCUT2D eigenvalue weighted by atomic mass is 35.5. The van der Waals surface area contributed by atoms with Crippen molar-refractivity contribution in [3.05, 3.63) is 143 Å². The quantitative estimate of drug-likeness (QED) is 0.115. The van der Waals surface area contributed by atoms with E-state index in [1.165, 1.54) is 0 Å². The lowest BCUT2D eigenvalue weighted by atomic mass is 9.84. The van der Waals surface area contributed by atoms with Crippen LogP contribution in [0.2, 0.25) is 5.02 Å². The molecule has 0 spiro atoms. The molecule has 1 aliphatic heterocycles. The van der Waals surface area contributed by atoms with Crippen LogP contribution in [-0.4, -0.2) is 42.2 Å². The first kappa shape index (κ1) is 31.0. The molecule has 1 heterocycles. The van der Waals surface area contributed by atoms with E-state index < -0.39 is 11.6 Å². The molecule has 0 unspecified atom stereocenters. The van der Waals surface area contributed by atoms with Crippen LogP contribution < -0.4 is 15.6 Å². The molecule has 0 bridgehead atoms. The molecule has 0 fully saturated rings. The Labute approximate surface area is 263 Å². The Balaban J connectivity index is 1.43. The normalized spacial score (nSPS) is 17.7. The summed E-state index contributed by atoms with van der Waals surface area (Å²) in [6.07, 6.45) is 4.84. The van der Waals surface area contributed by atoms with Crippen molar-refractivity contribution in [3.63, 3.8) is 0 Å². The Kier molecular flexibility index (Phi) is 10.8. The molecule has 44 heavy (non-hydrogen) atoms. The highest BCUT2D eigenvalue weighted by Crippen LogP contribution is 2.42. The van der Waals surface area contributed by atoms with E-state index in [0.717, 1.165) is 22.3 Å². The Morgan fingerprint density at radius 1 is 0.977 bits per heavy atom. The summed E-state index contributed by atoms with van der Waals surface area (Å²) in [4.78, 5) is 19.2. The van der Waals surface area contributed by atoms with Gasteiger partial charge in [-0.05, 0) is 59.5 Å². The van der Waals surface area contributed by atoms with Crippen LogP contribution in [0.3, 0.4) is 0 Å². The van der Waals surface area contributed by atoms with E-state index in [0.29, 0.717) is 49.1 Å². The number of aliphatic imine (C=N–C) groups is 1. The number of aliphatic hydroxyl groups is 1. The van der Waals surface area contributed by atoms with Crippen molar-refractivity contribution >= 4 is 29.5 Å². The molecule has 5 rings (SSSR count). The van der Waals surface area contributed by atoms with Crippen molar-refractivity contribution in [2.24, 2.45) is 4.99 Å². The third kappa shape index (κ3) is 7.94. The number of rotatable bonds is 14. The average molecular weight is 610 g/mol. The van der Waals surface area contributed by atoms with Crippen LogP contribution in [0, 0.1) is 0 Å².